The number of aryl methyl sites for hydroxylation is 1. The SMILES string of the molecule is CCCn1ncc(Cl)c1C(N)C(F)(F)F. The molecule has 0 aliphatic carbocycles. The summed E-state index contributed by atoms with van der Waals surface area (Å²) in [7, 11) is 0. The number of hydrogen-bond donors (Lipinski definition) is 1. The molecule has 1 unspecified atom stereocenters. The summed E-state index contributed by atoms with van der Waals surface area (Å²) in [6, 6.07) is -2.08. The third-order valence-electron chi connectivity index (χ3n) is 1.92. The molecule has 1 aromatic heterocycles. The fourth-order valence-electron chi connectivity index (χ4n) is 1.23. The molecule has 7 heteroatoms. The van der Waals surface area contributed by atoms with E-state index in [0.29, 0.717) is 13.0 Å². The van der Waals surface area contributed by atoms with Gasteiger partial charge < -0.3 is 5.73 Å². The largest absolute Gasteiger partial charge is 0.409 e. The standard InChI is InChI=1S/C8H11ClF3N3/c1-2-3-15-6(5(9)4-14-15)7(13)8(10,11)12/h4,7H,2-3,13H2,1H3. The lowest BCUT2D eigenvalue weighted by atomic mass is 10.2. The van der Waals surface area contributed by atoms with Crippen LogP contribution in [0.1, 0.15) is 25.1 Å². The highest BCUT2D eigenvalue weighted by Gasteiger charge is 2.41. The minimum atomic E-state index is -4.50. The molecule has 3 nitrogen and oxygen atoms in total. The third-order valence-corrected chi connectivity index (χ3v) is 2.21. The zero-order valence-electron chi connectivity index (χ0n) is 8.05. The molecule has 2 N–H and O–H groups in total. The predicted octanol–water partition coefficient (Wildman–Crippen LogP) is 2.51. The summed E-state index contributed by atoms with van der Waals surface area (Å²) in [5.74, 6) is 0. The zero-order valence-corrected chi connectivity index (χ0v) is 8.81. The molecule has 0 bridgehead atoms. The molecule has 0 amide bonds. The molecule has 0 radical (unpaired) electrons. The Morgan fingerprint density at radius 3 is 2.67 bits per heavy atom. The molecular weight excluding hydrogens is 231 g/mol. The average molecular weight is 242 g/mol. The van der Waals surface area contributed by atoms with Gasteiger partial charge in [-0.2, -0.15) is 18.3 Å². The summed E-state index contributed by atoms with van der Waals surface area (Å²) in [4.78, 5) is 0. The third kappa shape index (κ3) is 2.63. The van der Waals surface area contributed by atoms with Crippen LogP contribution in [0.25, 0.3) is 0 Å². The average Bonchev–Trinajstić information content (AvgIpc) is 2.45. The van der Waals surface area contributed by atoms with Crippen molar-refractivity contribution in [2.45, 2.75) is 32.1 Å². The van der Waals surface area contributed by atoms with Crippen molar-refractivity contribution >= 4 is 11.6 Å². The van der Waals surface area contributed by atoms with Gasteiger partial charge in [-0.3, -0.25) is 4.68 Å². The van der Waals surface area contributed by atoms with Crippen LogP contribution in [0.5, 0.6) is 0 Å². The fourth-order valence-corrected chi connectivity index (χ4v) is 1.48. The Bertz CT molecular complexity index is 334. The van der Waals surface area contributed by atoms with E-state index in [1.807, 2.05) is 6.92 Å². The summed E-state index contributed by atoms with van der Waals surface area (Å²) in [5, 5.41) is 3.70. The topological polar surface area (TPSA) is 43.8 Å². The summed E-state index contributed by atoms with van der Waals surface area (Å²) in [5.41, 5.74) is 4.90. The predicted molar refractivity (Wildman–Crippen MR) is 50.5 cm³/mol. The van der Waals surface area contributed by atoms with Crippen LogP contribution in [0.2, 0.25) is 5.02 Å². The molecule has 86 valence electrons. The molecule has 1 atom stereocenters. The smallest absolute Gasteiger partial charge is 0.315 e. The maximum atomic E-state index is 12.4. The number of halogens is 4. The van der Waals surface area contributed by atoms with Gasteiger partial charge in [0, 0.05) is 6.54 Å². The molecule has 0 aliphatic rings. The Hall–Kier alpha value is -0.750. The van der Waals surface area contributed by atoms with E-state index < -0.39 is 12.2 Å². The van der Waals surface area contributed by atoms with Crippen LogP contribution in [0.3, 0.4) is 0 Å². The van der Waals surface area contributed by atoms with Gasteiger partial charge in [0.05, 0.1) is 16.9 Å². The molecule has 1 aromatic rings. The van der Waals surface area contributed by atoms with Crippen molar-refractivity contribution in [3.8, 4) is 0 Å². The van der Waals surface area contributed by atoms with Crippen molar-refractivity contribution in [1.29, 1.82) is 0 Å². The quantitative estimate of drug-likeness (QED) is 0.884. The molecule has 1 rings (SSSR count). The van der Waals surface area contributed by atoms with E-state index in [4.69, 9.17) is 17.3 Å². The first-order valence-corrected chi connectivity index (χ1v) is 4.79. The van der Waals surface area contributed by atoms with E-state index >= 15 is 0 Å². The Morgan fingerprint density at radius 2 is 2.20 bits per heavy atom. The van der Waals surface area contributed by atoms with E-state index in [1.165, 1.54) is 10.9 Å². The summed E-state index contributed by atoms with van der Waals surface area (Å²) >= 11 is 5.62. The first-order valence-electron chi connectivity index (χ1n) is 4.41. The van der Waals surface area contributed by atoms with Gasteiger partial charge in [-0.1, -0.05) is 18.5 Å². The van der Waals surface area contributed by atoms with Gasteiger partial charge in [0.2, 0.25) is 0 Å². The van der Waals surface area contributed by atoms with Gasteiger partial charge in [-0.05, 0) is 6.42 Å². The van der Waals surface area contributed by atoms with Crippen LogP contribution < -0.4 is 5.73 Å². The number of aromatic nitrogens is 2. The van der Waals surface area contributed by atoms with Crippen molar-refractivity contribution in [2.24, 2.45) is 5.73 Å². The van der Waals surface area contributed by atoms with Crippen LogP contribution in [0.4, 0.5) is 13.2 Å². The lowest BCUT2D eigenvalue weighted by Crippen LogP contribution is -2.31. The van der Waals surface area contributed by atoms with Gasteiger partial charge in [0.15, 0.2) is 0 Å². The Morgan fingerprint density at radius 1 is 1.60 bits per heavy atom. The normalized spacial score (nSPS) is 14.3. The Labute approximate surface area is 90.0 Å². The van der Waals surface area contributed by atoms with Gasteiger partial charge in [0.1, 0.15) is 6.04 Å². The highest BCUT2D eigenvalue weighted by molar-refractivity contribution is 6.31. The van der Waals surface area contributed by atoms with Gasteiger partial charge in [-0.15, -0.1) is 0 Å². The van der Waals surface area contributed by atoms with Crippen LogP contribution >= 0.6 is 11.6 Å². The van der Waals surface area contributed by atoms with Gasteiger partial charge >= 0.3 is 6.18 Å². The number of alkyl halides is 3. The molecule has 0 aromatic carbocycles. The Balaban J connectivity index is 3.06. The second-order valence-electron chi connectivity index (χ2n) is 3.12. The van der Waals surface area contributed by atoms with Crippen molar-refractivity contribution < 1.29 is 13.2 Å². The molecule has 0 saturated carbocycles. The lowest BCUT2D eigenvalue weighted by molar-refractivity contribution is -0.150. The van der Waals surface area contributed by atoms with E-state index in [9.17, 15) is 13.2 Å². The molecule has 0 spiro atoms. The minimum absolute atomic E-state index is 0.0479. The number of rotatable bonds is 3. The van der Waals surface area contributed by atoms with Gasteiger partial charge in [-0.25, -0.2) is 0 Å². The first-order chi connectivity index (χ1) is 6.88. The van der Waals surface area contributed by atoms with Crippen molar-refractivity contribution in [2.75, 3.05) is 0 Å². The number of nitrogens with zero attached hydrogens (tertiary/aromatic N) is 2. The zero-order chi connectivity index (χ0) is 11.6. The molecule has 0 aliphatic heterocycles. The Kier molecular flexibility index (Phi) is 3.62. The van der Waals surface area contributed by atoms with E-state index in [1.54, 1.807) is 0 Å². The highest BCUT2D eigenvalue weighted by Crippen LogP contribution is 2.34. The molecule has 0 saturated heterocycles. The first kappa shape index (κ1) is 12.3. The molecule has 1 heterocycles. The van der Waals surface area contributed by atoms with Crippen LogP contribution in [-0.2, 0) is 6.54 Å². The maximum Gasteiger partial charge on any atom is 0.409 e. The van der Waals surface area contributed by atoms with E-state index in [2.05, 4.69) is 5.10 Å². The van der Waals surface area contributed by atoms with E-state index in [0.717, 1.165) is 0 Å². The monoisotopic (exact) mass is 241 g/mol. The van der Waals surface area contributed by atoms with E-state index in [-0.39, 0.29) is 10.7 Å². The number of nitrogens with two attached hydrogens (primary N) is 1. The van der Waals surface area contributed by atoms with Crippen LogP contribution in [0, 0.1) is 0 Å². The second kappa shape index (κ2) is 4.40. The summed E-state index contributed by atoms with van der Waals surface area (Å²) < 4.78 is 38.4. The lowest BCUT2D eigenvalue weighted by Gasteiger charge is -2.17. The molecule has 0 fully saturated rings. The van der Waals surface area contributed by atoms with Gasteiger partial charge in [0.25, 0.3) is 0 Å². The summed E-state index contributed by atoms with van der Waals surface area (Å²) in [6.07, 6.45) is -2.66. The van der Waals surface area contributed by atoms with Crippen molar-refractivity contribution in [3.63, 3.8) is 0 Å². The fraction of sp³-hybridized carbons (Fsp3) is 0.625. The summed E-state index contributed by atoms with van der Waals surface area (Å²) in [6.45, 7) is 2.20. The second-order valence-corrected chi connectivity index (χ2v) is 3.53. The maximum absolute atomic E-state index is 12.4. The minimum Gasteiger partial charge on any atom is -0.315 e. The van der Waals surface area contributed by atoms with Crippen molar-refractivity contribution in [3.05, 3.63) is 16.9 Å². The van der Waals surface area contributed by atoms with Crippen LogP contribution in [0.15, 0.2) is 6.20 Å². The molecular formula is C8H11ClF3N3. The van der Waals surface area contributed by atoms with Crippen molar-refractivity contribution in [1.82, 2.24) is 9.78 Å². The van der Waals surface area contributed by atoms with Crippen LogP contribution in [-0.4, -0.2) is 16.0 Å². The number of hydrogen-bond acceptors (Lipinski definition) is 2. The molecule has 15 heavy (non-hydrogen) atoms. The highest BCUT2D eigenvalue weighted by atomic mass is 35.5.